The number of nitro groups is 1. The number of barbiturate groups is 1. The fourth-order valence-corrected chi connectivity index (χ4v) is 4.78. The Morgan fingerprint density at radius 3 is 2.41 bits per heavy atom. The Labute approximate surface area is 155 Å². The zero-order chi connectivity index (χ0) is 19.5. The van der Waals surface area contributed by atoms with Crippen LogP contribution < -0.4 is 4.90 Å². The summed E-state index contributed by atoms with van der Waals surface area (Å²) in [4.78, 5) is 53.5. The van der Waals surface area contributed by atoms with Crippen molar-refractivity contribution in [3.63, 3.8) is 0 Å². The molecule has 3 aliphatic rings. The number of fused-ring (bicyclic) bond motifs is 4. The second-order valence-corrected chi connectivity index (χ2v) is 7.43. The zero-order valence-electron chi connectivity index (χ0n) is 15.2. The third-order valence-electron chi connectivity index (χ3n) is 6.07. The smallest absolute Gasteiger partial charge is 0.332 e. The topological polar surface area (TPSA) is 104 Å². The van der Waals surface area contributed by atoms with E-state index in [0.29, 0.717) is 18.5 Å². The highest BCUT2D eigenvalue weighted by Gasteiger charge is 2.63. The number of nitrogens with zero attached hydrogens (tertiary/aromatic N) is 4. The van der Waals surface area contributed by atoms with Crippen LogP contribution in [0.25, 0.3) is 0 Å². The van der Waals surface area contributed by atoms with E-state index in [1.807, 2.05) is 4.90 Å². The molecule has 0 saturated carbocycles. The average molecular weight is 372 g/mol. The first kappa shape index (κ1) is 17.4. The number of piperidine rings is 1. The SMILES string of the molecule is CN1C(=O)N(C)C(=O)C2(Cc3cc([N+](=O)[O-])ccc3N3CCCCC32)C1=O. The van der Waals surface area contributed by atoms with Crippen LogP contribution >= 0.6 is 0 Å². The van der Waals surface area contributed by atoms with Crippen molar-refractivity contribution in [3.05, 3.63) is 33.9 Å². The van der Waals surface area contributed by atoms with Gasteiger partial charge in [-0.15, -0.1) is 0 Å². The molecule has 1 unspecified atom stereocenters. The number of rotatable bonds is 1. The number of amides is 4. The number of hydrogen-bond acceptors (Lipinski definition) is 6. The maximum atomic E-state index is 13.2. The van der Waals surface area contributed by atoms with Gasteiger partial charge in [0.25, 0.3) is 5.69 Å². The lowest BCUT2D eigenvalue weighted by molar-refractivity contribution is -0.384. The molecule has 3 heterocycles. The van der Waals surface area contributed by atoms with Gasteiger partial charge in [-0.05, 0) is 30.9 Å². The van der Waals surface area contributed by atoms with Gasteiger partial charge in [0.15, 0.2) is 5.41 Å². The van der Waals surface area contributed by atoms with Gasteiger partial charge in [0, 0.05) is 44.9 Å². The van der Waals surface area contributed by atoms with Gasteiger partial charge in [0.05, 0.1) is 11.0 Å². The Hall–Kier alpha value is -2.97. The van der Waals surface area contributed by atoms with Crippen molar-refractivity contribution in [2.24, 2.45) is 5.41 Å². The number of carbonyl (C=O) groups excluding carboxylic acids is 3. The van der Waals surface area contributed by atoms with Crippen molar-refractivity contribution < 1.29 is 19.3 Å². The predicted molar refractivity (Wildman–Crippen MR) is 95.2 cm³/mol. The largest absolute Gasteiger partial charge is 0.367 e. The number of imide groups is 2. The summed E-state index contributed by atoms with van der Waals surface area (Å²) in [6.45, 7) is 0.666. The van der Waals surface area contributed by atoms with Crippen molar-refractivity contribution in [2.75, 3.05) is 25.5 Å². The number of anilines is 1. The standard InChI is InChI=1S/C18H20N4O5/c1-19-15(23)18(16(24)20(2)17(19)25)10-11-9-12(22(26)27)6-7-13(11)21-8-4-3-5-14(18)21/h6-7,9,14H,3-5,8,10H2,1-2H3. The third kappa shape index (κ3) is 2.20. The maximum absolute atomic E-state index is 13.2. The lowest BCUT2D eigenvalue weighted by atomic mass is 9.66. The molecule has 27 heavy (non-hydrogen) atoms. The highest BCUT2D eigenvalue weighted by Crippen LogP contribution is 2.49. The Morgan fingerprint density at radius 2 is 1.78 bits per heavy atom. The number of benzene rings is 1. The number of nitro benzene ring substituents is 1. The van der Waals surface area contributed by atoms with Crippen molar-refractivity contribution in [3.8, 4) is 0 Å². The fraction of sp³-hybridized carbons (Fsp3) is 0.500. The Bertz CT molecular complexity index is 859. The summed E-state index contributed by atoms with van der Waals surface area (Å²) in [5, 5.41) is 11.2. The van der Waals surface area contributed by atoms with Crippen LogP contribution in [0.4, 0.5) is 16.2 Å². The predicted octanol–water partition coefficient (Wildman–Crippen LogP) is 1.55. The van der Waals surface area contributed by atoms with E-state index in [-0.39, 0.29) is 18.2 Å². The zero-order valence-corrected chi connectivity index (χ0v) is 15.2. The molecule has 2 fully saturated rings. The molecule has 2 saturated heterocycles. The molecule has 1 aromatic rings. The number of urea groups is 1. The normalized spacial score (nSPS) is 24.1. The van der Waals surface area contributed by atoms with Gasteiger partial charge in [-0.25, -0.2) is 4.79 Å². The Morgan fingerprint density at radius 1 is 1.11 bits per heavy atom. The lowest BCUT2D eigenvalue weighted by Gasteiger charge is -2.54. The van der Waals surface area contributed by atoms with Crippen LogP contribution in [0.5, 0.6) is 0 Å². The van der Waals surface area contributed by atoms with Crippen molar-refractivity contribution in [2.45, 2.75) is 31.7 Å². The fourth-order valence-electron chi connectivity index (χ4n) is 4.78. The Balaban J connectivity index is 1.92. The van der Waals surface area contributed by atoms with E-state index in [9.17, 15) is 24.5 Å². The minimum atomic E-state index is -1.43. The van der Waals surface area contributed by atoms with Gasteiger partial charge in [-0.3, -0.25) is 29.5 Å². The summed E-state index contributed by atoms with van der Waals surface area (Å²) in [6, 6.07) is 3.59. The highest BCUT2D eigenvalue weighted by molar-refractivity contribution is 6.20. The molecule has 142 valence electrons. The van der Waals surface area contributed by atoms with Crippen LogP contribution in [0.1, 0.15) is 24.8 Å². The summed E-state index contributed by atoms with van der Waals surface area (Å²) < 4.78 is 0. The maximum Gasteiger partial charge on any atom is 0.332 e. The first-order chi connectivity index (χ1) is 12.8. The summed E-state index contributed by atoms with van der Waals surface area (Å²) in [5.41, 5.74) is -0.0770. The van der Waals surface area contributed by atoms with Crippen LogP contribution in [-0.4, -0.2) is 59.3 Å². The average Bonchev–Trinajstić information content (AvgIpc) is 2.68. The van der Waals surface area contributed by atoms with Crippen LogP contribution in [-0.2, 0) is 16.0 Å². The van der Waals surface area contributed by atoms with E-state index in [0.717, 1.165) is 28.3 Å². The van der Waals surface area contributed by atoms with Gasteiger partial charge in [0.1, 0.15) is 0 Å². The summed E-state index contributed by atoms with van der Waals surface area (Å²) >= 11 is 0. The highest BCUT2D eigenvalue weighted by atomic mass is 16.6. The lowest BCUT2D eigenvalue weighted by Crippen LogP contribution is -2.72. The number of non-ortho nitro benzene ring substituents is 1. The molecule has 9 nitrogen and oxygen atoms in total. The first-order valence-electron chi connectivity index (χ1n) is 8.93. The van der Waals surface area contributed by atoms with Crippen LogP contribution in [0.2, 0.25) is 0 Å². The molecular formula is C18H20N4O5. The molecule has 0 aromatic heterocycles. The van der Waals surface area contributed by atoms with Gasteiger partial charge in [0.2, 0.25) is 11.8 Å². The summed E-state index contributed by atoms with van der Waals surface area (Å²) in [6.07, 6.45) is 2.51. The first-order valence-corrected chi connectivity index (χ1v) is 8.93. The van der Waals surface area contributed by atoms with Crippen molar-refractivity contribution in [1.29, 1.82) is 0 Å². The van der Waals surface area contributed by atoms with Crippen LogP contribution in [0.3, 0.4) is 0 Å². The molecule has 9 heteroatoms. The molecule has 3 aliphatic heterocycles. The monoisotopic (exact) mass is 372 g/mol. The van der Waals surface area contributed by atoms with E-state index in [1.54, 1.807) is 6.07 Å². The molecule has 0 N–H and O–H groups in total. The second-order valence-electron chi connectivity index (χ2n) is 7.43. The number of hydrogen-bond donors (Lipinski definition) is 0. The van der Waals surface area contributed by atoms with E-state index >= 15 is 0 Å². The van der Waals surface area contributed by atoms with E-state index in [4.69, 9.17) is 0 Å². The van der Waals surface area contributed by atoms with Gasteiger partial charge < -0.3 is 4.90 Å². The van der Waals surface area contributed by atoms with Crippen LogP contribution in [0.15, 0.2) is 18.2 Å². The molecular weight excluding hydrogens is 352 g/mol. The van der Waals surface area contributed by atoms with E-state index < -0.39 is 28.2 Å². The van der Waals surface area contributed by atoms with Crippen LogP contribution in [0, 0.1) is 15.5 Å². The molecule has 4 amide bonds. The molecule has 0 aliphatic carbocycles. The minimum absolute atomic E-state index is 0.0603. The van der Waals surface area contributed by atoms with E-state index in [1.165, 1.54) is 26.2 Å². The molecule has 1 atom stereocenters. The minimum Gasteiger partial charge on any atom is -0.367 e. The van der Waals surface area contributed by atoms with Gasteiger partial charge in [-0.2, -0.15) is 0 Å². The molecule has 0 bridgehead atoms. The summed E-state index contributed by atoms with van der Waals surface area (Å²) in [7, 11) is 2.76. The summed E-state index contributed by atoms with van der Waals surface area (Å²) in [5.74, 6) is -1.05. The van der Waals surface area contributed by atoms with Gasteiger partial charge in [-0.1, -0.05) is 0 Å². The quantitative estimate of drug-likeness (QED) is 0.421. The van der Waals surface area contributed by atoms with Gasteiger partial charge >= 0.3 is 6.03 Å². The molecule has 0 radical (unpaired) electrons. The van der Waals surface area contributed by atoms with Crippen molar-refractivity contribution in [1.82, 2.24) is 9.80 Å². The molecule has 1 aromatic carbocycles. The molecule has 4 rings (SSSR count). The molecule has 1 spiro atoms. The van der Waals surface area contributed by atoms with Crippen molar-refractivity contribution >= 4 is 29.2 Å². The Kier molecular flexibility index (Phi) is 3.72. The third-order valence-corrected chi connectivity index (χ3v) is 6.07. The number of carbonyl (C=O) groups is 3. The second kappa shape index (κ2) is 5.77. The van der Waals surface area contributed by atoms with E-state index in [2.05, 4.69) is 0 Å².